The number of carbonyl (C=O) groups excluding carboxylic acids is 1. The highest BCUT2D eigenvalue weighted by Crippen LogP contribution is 2.24. The molecule has 0 saturated heterocycles. The summed E-state index contributed by atoms with van der Waals surface area (Å²) in [4.78, 5) is 12.2. The van der Waals surface area contributed by atoms with Crippen LogP contribution in [0.2, 0.25) is 0 Å². The van der Waals surface area contributed by atoms with Crippen molar-refractivity contribution in [2.75, 3.05) is 5.32 Å². The number of benzene rings is 2. The minimum atomic E-state index is -0.298. The number of urea groups is 1. The Morgan fingerprint density at radius 2 is 1.65 bits per heavy atom. The van der Waals surface area contributed by atoms with E-state index in [1.54, 1.807) is 6.08 Å². The molecule has 0 spiro atoms. The predicted molar refractivity (Wildman–Crippen MR) is 85.7 cm³/mol. The molecule has 2 rings (SSSR count). The summed E-state index contributed by atoms with van der Waals surface area (Å²) in [6, 6.07) is 18.3. The summed E-state index contributed by atoms with van der Waals surface area (Å²) in [5.74, 6) is 0. The third-order valence-corrected chi connectivity index (χ3v) is 3.29. The second-order valence-electron chi connectivity index (χ2n) is 4.23. The molecule has 0 aromatic heterocycles. The molecule has 1 atom stereocenters. The van der Waals surface area contributed by atoms with Gasteiger partial charge in [0.1, 0.15) is 0 Å². The van der Waals surface area contributed by atoms with Crippen LogP contribution in [0.25, 0.3) is 0 Å². The maximum atomic E-state index is 12.2. The minimum absolute atomic E-state index is 0.289. The lowest BCUT2D eigenvalue weighted by molar-refractivity contribution is 0.234. The number of rotatable bonds is 4. The van der Waals surface area contributed by atoms with Crippen molar-refractivity contribution in [2.45, 2.75) is 6.04 Å². The van der Waals surface area contributed by atoms with Gasteiger partial charge in [0, 0.05) is 5.69 Å². The van der Waals surface area contributed by atoms with Crippen LogP contribution < -0.4 is 5.32 Å². The summed E-state index contributed by atoms with van der Waals surface area (Å²) in [6.07, 6.45) is 1.69. The summed E-state index contributed by atoms with van der Waals surface area (Å²) < 4.78 is 1.33. The Hall–Kier alpha value is -2.20. The Labute approximate surface area is 124 Å². The summed E-state index contributed by atoms with van der Waals surface area (Å²) in [5.41, 5.74) is 1.69. The average Bonchev–Trinajstić information content (AvgIpc) is 2.50. The highest BCUT2D eigenvalue weighted by Gasteiger charge is 2.19. The lowest BCUT2D eigenvalue weighted by Crippen LogP contribution is -2.30. The van der Waals surface area contributed by atoms with E-state index < -0.39 is 0 Å². The van der Waals surface area contributed by atoms with Crippen LogP contribution in [0.4, 0.5) is 10.5 Å². The number of nitrogens with one attached hydrogen (secondary N) is 1. The monoisotopic (exact) mass is 284 g/mol. The number of carbonyl (C=O) groups is 1. The molecule has 1 N–H and O–H groups in total. The van der Waals surface area contributed by atoms with Gasteiger partial charge in [-0.05, 0) is 17.7 Å². The Kier molecular flexibility index (Phi) is 4.85. The predicted octanol–water partition coefficient (Wildman–Crippen LogP) is 4.29. The van der Waals surface area contributed by atoms with Gasteiger partial charge in [0.05, 0.1) is 6.04 Å². The molecule has 2 amide bonds. The molecule has 0 aliphatic rings. The first-order valence-corrected chi connectivity index (χ1v) is 6.64. The Balaban J connectivity index is 2.11. The van der Waals surface area contributed by atoms with Gasteiger partial charge >= 0.3 is 6.03 Å². The van der Waals surface area contributed by atoms with Crippen LogP contribution in [0.15, 0.2) is 73.3 Å². The Morgan fingerprint density at radius 1 is 1.10 bits per heavy atom. The minimum Gasteiger partial charge on any atom is -0.307 e. The van der Waals surface area contributed by atoms with E-state index in [0.717, 1.165) is 11.3 Å². The number of hydrogen-bond acceptors (Lipinski definition) is 2. The third-order valence-electron chi connectivity index (χ3n) is 2.86. The lowest BCUT2D eigenvalue weighted by Gasteiger charge is -2.24. The van der Waals surface area contributed by atoms with Gasteiger partial charge in [-0.1, -0.05) is 67.4 Å². The van der Waals surface area contributed by atoms with E-state index in [-0.39, 0.29) is 12.1 Å². The van der Waals surface area contributed by atoms with Crippen molar-refractivity contribution in [2.24, 2.45) is 0 Å². The van der Waals surface area contributed by atoms with Crippen molar-refractivity contribution in [1.29, 1.82) is 0 Å². The van der Waals surface area contributed by atoms with E-state index in [0.29, 0.717) is 0 Å². The van der Waals surface area contributed by atoms with Gasteiger partial charge in [-0.15, -0.1) is 6.58 Å². The van der Waals surface area contributed by atoms with Crippen molar-refractivity contribution in [1.82, 2.24) is 4.31 Å². The fourth-order valence-corrected chi connectivity index (χ4v) is 2.13. The number of nitrogens with zero attached hydrogens (tertiary/aromatic N) is 1. The summed E-state index contributed by atoms with van der Waals surface area (Å²) in [5, 5.41) is 2.79. The summed E-state index contributed by atoms with van der Waals surface area (Å²) in [7, 11) is 0. The fourth-order valence-electron chi connectivity index (χ4n) is 1.86. The van der Waals surface area contributed by atoms with Gasteiger partial charge in [-0.3, -0.25) is 4.31 Å². The SMILES string of the molecule is C=CC(c1ccccc1)N(S)C(=O)Nc1ccccc1. The van der Waals surface area contributed by atoms with E-state index in [1.807, 2.05) is 60.7 Å². The van der Waals surface area contributed by atoms with E-state index >= 15 is 0 Å². The van der Waals surface area contributed by atoms with Crippen LogP contribution in [-0.4, -0.2) is 10.3 Å². The quantitative estimate of drug-likeness (QED) is 0.637. The zero-order chi connectivity index (χ0) is 14.4. The average molecular weight is 284 g/mol. The van der Waals surface area contributed by atoms with Crippen molar-refractivity contribution in [3.8, 4) is 0 Å². The number of amides is 2. The van der Waals surface area contributed by atoms with E-state index in [4.69, 9.17) is 0 Å². The molecule has 20 heavy (non-hydrogen) atoms. The fraction of sp³-hybridized carbons (Fsp3) is 0.0625. The van der Waals surface area contributed by atoms with E-state index in [1.165, 1.54) is 4.31 Å². The van der Waals surface area contributed by atoms with Gasteiger partial charge < -0.3 is 5.32 Å². The van der Waals surface area contributed by atoms with Crippen LogP contribution in [0, 0.1) is 0 Å². The highest BCUT2D eigenvalue weighted by atomic mass is 32.1. The highest BCUT2D eigenvalue weighted by molar-refractivity contribution is 7.78. The van der Waals surface area contributed by atoms with Gasteiger partial charge in [-0.25, -0.2) is 4.79 Å². The second kappa shape index (κ2) is 6.82. The summed E-state index contributed by atoms with van der Waals surface area (Å²) in [6.45, 7) is 3.78. The topological polar surface area (TPSA) is 32.3 Å². The molecule has 0 bridgehead atoms. The van der Waals surface area contributed by atoms with Gasteiger partial charge in [0.25, 0.3) is 0 Å². The maximum Gasteiger partial charge on any atom is 0.332 e. The molecule has 2 aromatic carbocycles. The van der Waals surface area contributed by atoms with Crippen LogP contribution in [-0.2, 0) is 0 Å². The largest absolute Gasteiger partial charge is 0.332 e. The van der Waals surface area contributed by atoms with Crippen molar-refractivity contribution in [3.63, 3.8) is 0 Å². The molecular weight excluding hydrogens is 268 g/mol. The number of para-hydroxylation sites is 1. The van der Waals surface area contributed by atoms with Gasteiger partial charge in [0.2, 0.25) is 0 Å². The molecule has 102 valence electrons. The molecule has 0 fully saturated rings. The molecule has 0 heterocycles. The normalized spacial score (nSPS) is 11.4. The molecule has 0 radical (unpaired) electrons. The molecule has 1 unspecified atom stereocenters. The molecule has 4 heteroatoms. The van der Waals surface area contributed by atoms with Gasteiger partial charge in [-0.2, -0.15) is 0 Å². The van der Waals surface area contributed by atoms with Crippen molar-refractivity contribution in [3.05, 3.63) is 78.9 Å². The molecular formula is C16H16N2OS. The van der Waals surface area contributed by atoms with Crippen LogP contribution in [0.5, 0.6) is 0 Å². The third kappa shape index (κ3) is 3.42. The van der Waals surface area contributed by atoms with Gasteiger partial charge in [0.15, 0.2) is 0 Å². The van der Waals surface area contributed by atoms with Crippen molar-refractivity contribution >= 4 is 24.5 Å². The lowest BCUT2D eigenvalue weighted by atomic mass is 10.1. The molecule has 0 saturated carbocycles. The molecule has 2 aromatic rings. The number of hydrogen-bond donors (Lipinski definition) is 2. The zero-order valence-electron chi connectivity index (χ0n) is 10.9. The van der Waals surface area contributed by atoms with E-state index in [9.17, 15) is 4.79 Å². The first-order valence-electron chi connectivity index (χ1n) is 6.24. The van der Waals surface area contributed by atoms with Crippen LogP contribution >= 0.6 is 12.8 Å². The van der Waals surface area contributed by atoms with Crippen LogP contribution in [0.1, 0.15) is 11.6 Å². The molecule has 3 nitrogen and oxygen atoms in total. The first-order chi connectivity index (χ1) is 9.72. The smallest absolute Gasteiger partial charge is 0.307 e. The summed E-state index contributed by atoms with van der Waals surface area (Å²) >= 11 is 4.29. The standard InChI is InChI=1S/C16H16N2OS/c1-2-15(13-9-5-3-6-10-13)18(20)16(19)17-14-11-7-4-8-12-14/h2-12,15,20H,1H2,(H,17,19). The zero-order valence-corrected chi connectivity index (χ0v) is 11.8. The Bertz CT molecular complexity index is 572. The number of anilines is 1. The Morgan fingerprint density at radius 3 is 2.20 bits per heavy atom. The van der Waals surface area contributed by atoms with E-state index in [2.05, 4.69) is 24.7 Å². The number of thiol groups is 1. The molecule has 0 aliphatic carbocycles. The molecule has 0 aliphatic heterocycles. The second-order valence-corrected chi connectivity index (χ2v) is 4.66. The van der Waals surface area contributed by atoms with Crippen molar-refractivity contribution < 1.29 is 4.79 Å². The first kappa shape index (κ1) is 14.2. The maximum absolute atomic E-state index is 12.2. The van der Waals surface area contributed by atoms with Crippen LogP contribution in [0.3, 0.4) is 0 Å².